The third-order valence-corrected chi connectivity index (χ3v) is 3.58. The highest BCUT2D eigenvalue weighted by Crippen LogP contribution is 2.31. The number of nitrogens with one attached hydrogen (secondary N) is 1. The molecule has 1 heterocycles. The molecule has 0 saturated carbocycles. The summed E-state index contributed by atoms with van der Waals surface area (Å²) in [5.74, 6) is -1.18. The first-order chi connectivity index (χ1) is 9.13. The van der Waals surface area contributed by atoms with Crippen molar-refractivity contribution >= 4 is 11.6 Å². The minimum Gasteiger partial charge on any atom is -0.314 e. The van der Waals surface area contributed by atoms with Gasteiger partial charge in [0.2, 0.25) is 0 Å². The third-order valence-electron chi connectivity index (χ3n) is 3.36. The summed E-state index contributed by atoms with van der Waals surface area (Å²) in [5.41, 5.74) is 0.0891. The van der Waals surface area contributed by atoms with Crippen LogP contribution in [-0.2, 0) is 0 Å². The fourth-order valence-electron chi connectivity index (χ4n) is 2.47. The zero-order chi connectivity index (χ0) is 13.8. The maximum absolute atomic E-state index is 14.0. The largest absolute Gasteiger partial charge is 0.314 e. The van der Waals surface area contributed by atoms with Crippen LogP contribution in [0.4, 0.5) is 8.78 Å². The summed E-state index contributed by atoms with van der Waals surface area (Å²) in [7, 11) is 0. The smallest absolute Gasteiger partial charge is 0.132 e. The Morgan fingerprint density at radius 3 is 2.42 bits per heavy atom. The highest BCUT2D eigenvalue weighted by Gasteiger charge is 2.26. The van der Waals surface area contributed by atoms with E-state index < -0.39 is 11.6 Å². The number of halogens is 3. The predicted molar refractivity (Wildman–Crippen MR) is 73.4 cm³/mol. The Hall–Kier alpha value is -0.970. The van der Waals surface area contributed by atoms with Gasteiger partial charge in [0.1, 0.15) is 11.6 Å². The van der Waals surface area contributed by atoms with Crippen LogP contribution in [0.15, 0.2) is 24.8 Å². The van der Waals surface area contributed by atoms with Gasteiger partial charge in [0.25, 0.3) is 0 Å². The van der Waals surface area contributed by atoms with E-state index in [0.717, 1.165) is 38.3 Å². The Balaban J connectivity index is 2.35. The van der Waals surface area contributed by atoms with Crippen molar-refractivity contribution in [2.45, 2.75) is 12.5 Å². The standard InChI is InChI=1S/C14H17ClF2N2/c1-2-3-13(19-6-4-18-5-7-19)14-11(16)8-10(15)9-12(14)17/h2,8-9,13,18H,1,3-7H2/t13-/m0/s1. The molecule has 0 radical (unpaired) electrons. The normalized spacial score (nSPS) is 18.3. The van der Waals surface area contributed by atoms with Crippen molar-refractivity contribution < 1.29 is 8.78 Å². The molecule has 0 amide bonds. The number of nitrogens with zero attached hydrogens (tertiary/aromatic N) is 1. The molecule has 0 bridgehead atoms. The zero-order valence-electron chi connectivity index (χ0n) is 10.6. The summed E-state index contributed by atoms with van der Waals surface area (Å²) in [6.07, 6.45) is 2.20. The Bertz CT molecular complexity index is 436. The first-order valence-corrected chi connectivity index (χ1v) is 6.71. The van der Waals surface area contributed by atoms with Gasteiger partial charge in [-0.2, -0.15) is 0 Å². The lowest BCUT2D eigenvalue weighted by Gasteiger charge is -2.35. The van der Waals surface area contributed by atoms with Gasteiger partial charge in [-0.25, -0.2) is 8.78 Å². The maximum Gasteiger partial charge on any atom is 0.132 e. The summed E-state index contributed by atoms with van der Waals surface area (Å²) in [5, 5.41) is 3.31. The van der Waals surface area contributed by atoms with Crippen molar-refractivity contribution in [3.8, 4) is 0 Å². The molecule has 1 fully saturated rings. The van der Waals surface area contributed by atoms with E-state index in [2.05, 4.69) is 16.8 Å². The Morgan fingerprint density at radius 1 is 1.32 bits per heavy atom. The Kier molecular flexibility index (Phi) is 4.91. The van der Waals surface area contributed by atoms with Gasteiger partial charge < -0.3 is 5.32 Å². The fraction of sp³-hybridized carbons (Fsp3) is 0.429. The van der Waals surface area contributed by atoms with Crippen LogP contribution >= 0.6 is 11.6 Å². The van der Waals surface area contributed by atoms with Crippen molar-refractivity contribution in [1.82, 2.24) is 10.2 Å². The van der Waals surface area contributed by atoms with E-state index >= 15 is 0 Å². The van der Waals surface area contributed by atoms with Crippen LogP contribution in [0.3, 0.4) is 0 Å². The van der Waals surface area contributed by atoms with E-state index in [-0.39, 0.29) is 16.6 Å². The van der Waals surface area contributed by atoms with E-state index in [9.17, 15) is 8.78 Å². The van der Waals surface area contributed by atoms with Crippen LogP contribution in [0, 0.1) is 11.6 Å². The first kappa shape index (κ1) is 14.4. The minimum absolute atomic E-state index is 0.0800. The number of piperazine rings is 1. The molecule has 1 aliphatic heterocycles. The summed E-state index contributed by atoms with van der Waals surface area (Å²) in [6, 6.07) is 2.01. The van der Waals surface area contributed by atoms with Crippen LogP contribution in [-0.4, -0.2) is 31.1 Å². The van der Waals surface area contributed by atoms with Gasteiger partial charge in [-0.3, -0.25) is 4.90 Å². The summed E-state index contributed by atoms with van der Waals surface area (Å²) in [6.45, 7) is 6.86. The van der Waals surface area contributed by atoms with Crippen LogP contribution in [0.5, 0.6) is 0 Å². The van der Waals surface area contributed by atoms with Crippen LogP contribution in [0.1, 0.15) is 18.0 Å². The molecule has 1 atom stereocenters. The van der Waals surface area contributed by atoms with E-state index in [1.165, 1.54) is 0 Å². The molecule has 1 aliphatic rings. The molecule has 0 aromatic heterocycles. The number of hydrogen-bond acceptors (Lipinski definition) is 2. The second-order valence-corrected chi connectivity index (χ2v) is 5.05. The molecular weight excluding hydrogens is 270 g/mol. The number of rotatable bonds is 4. The summed E-state index contributed by atoms with van der Waals surface area (Å²) < 4.78 is 28.1. The predicted octanol–water partition coefficient (Wildman–Crippen LogP) is 3.14. The third kappa shape index (κ3) is 3.32. The molecule has 1 N–H and O–H groups in total. The molecule has 0 spiro atoms. The second kappa shape index (κ2) is 6.46. The fourth-order valence-corrected chi connectivity index (χ4v) is 2.66. The van der Waals surface area contributed by atoms with E-state index in [0.29, 0.717) is 6.42 Å². The van der Waals surface area contributed by atoms with Gasteiger partial charge >= 0.3 is 0 Å². The summed E-state index contributed by atoms with van der Waals surface area (Å²) in [4.78, 5) is 2.08. The molecule has 104 valence electrons. The van der Waals surface area contributed by atoms with Gasteiger partial charge in [-0.05, 0) is 18.6 Å². The average Bonchev–Trinajstić information content (AvgIpc) is 2.37. The van der Waals surface area contributed by atoms with Crippen molar-refractivity contribution in [2.75, 3.05) is 26.2 Å². The van der Waals surface area contributed by atoms with Crippen molar-refractivity contribution in [2.24, 2.45) is 0 Å². The monoisotopic (exact) mass is 286 g/mol. The highest BCUT2D eigenvalue weighted by atomic mass is 35.5. The molecule has 1 aromatic carbocycles. The SMILES string of the molecule is C=CC[C@@H](c1c(F)cc(Cl)cc1F)N1CCNCC1. The van der Waals surface area contributed by atoms with Gasteiger partial charge in [-0.15, -0.1) is 6.58 Å². The lowest BCUT2D eigenvalue weighted by atomic mass is 10.00. The molecule has 1 saturated heterocycles. The molecule has 5 heteroatoms. The van der Waals surface area contributed by atoms with Gasteiger partial charge in [0, 0.05) is 42.8 Å². The molecular formula is C14H17ClF2N2. The van der Waals surface area contributed by atoms with Crippen molar-refractivity contribution in [3.05, 3.63) is 47.0 Å². The Morgan fingerprint density at radius 2 is 1.89 bits per heavy atom. The van der Waals surface area contributed by atoms with Crippen LogP contribution in [0.25, 0.3) is 0 Å². The molecule has 2 rings (SSSR count). The molecule has 2 nitrogen and oxygen atoms in total. The molecule has 0 unspecified atom stereocenters. The lowest BCUT2D eigenvalue weighted by Crippen LogP contribution is -2.45. The topological polar surface area (TPSA) is 15.3 Å². The van der Waals surface area contributed by atoms with Crippen molar-refractivity contribution in [1.29, 1.82) is 0 Å². The number of hydrogen-bond donors (Lipinski definition) is 1. The maximum atomic E-state index is 14.0. The summed E-state index contributed by atoms with van der Waals surface area (Å²) >= 11 is 5.67. The first-order valence-electron chi connectivity index (χ1n) is 6.33. The lowest BCUT2D eigenvalue weighted by molar-refractivity contribution is 0.168. The van der Waals surface area contributed by atoms with Crippen LogP contribution in [0.2, 0.25) is 5.02 Å². The van der Waals surface area contributed by atoms with Gasteiger partial charge in [-0.1, -0.05) is 17.7 Å². The average molecular weight is 287 g/mol. The van der Waals surface area contributed by atoms with E-state index in [1.807, 2.05) is 0 Å². The highest BCUT2D eigenvalue weighted by molar-refractivity contribution is 6.30. The molecule has 0 aliphatic carbocycles. The molecule has 1 aromatic rings. The van der Waals surface area contributed by atoms with Gasteiger partial charge in [0.15, 0.2) is 0 Å². The minimum atomic E-state index is -0.588. The Labute approximate surface area is 117 Å². The number of benzene rings is 1. The second-order valence-electron chi connectivity index (χ2n) is 4.61. The van der Waals surface area contributed by atoms with E-state index in [4.69, 9.17) is 11.6 Å². The van der Waals surface area contributed by atoms with Crippen molar-refractivity contribution in [3.63, 3.8) is 0 Å². The molecule has 19 heavy (non-hydrogen) atoms. The van der Waals surface area contributed by atoms with E-state index in [1.54, 1.807) is 6.08 Å². The van der Waals surface area contributed by atoms with Gasteiger partial charge in [0.05, 0.1) is 0 Å². The quantitative estimate of drug-likeness (QED) is 0.856. The zero-order valence-corrected chi connectivity index (χ0v) is 11.4. The van der Waals surface area contributed by atoms with Crippen LogP contribution < -0.4 is 5.32 Å².